The normalized spacial score (nSPS) is 11.3. The summed E-state index contributed by atoms with van der Waals surface area (Å²) in [6.45, 7) is 1.44. The molecule has 2 rings (SSSR count). The van der Waals surface area contributed by atoms with Crippen molar-refractivity contribution in [3.63, 3.8) is 0 Å². The fourth-order valence-corrected chi connectivity index (χ4v) is 3.85. The first kappa shape index (κ1) is 19.0. The molecule has 1 aromatic heterocycles. The number of carbonyl (C=O) groups is 1. The second-order valence-electron chi connectivity index (χ2n) is 5.05. The Balaban J connectivity index is 2.22. The lowest BCUT2D eigenvalue weighted by Crippen LogP contribution is -2.15. The number of rotatable bonds is 6. The second kappa shape index (κ2) is 7.70. The minimum absolute atomic E-state index is 0.0357. The Morgan fingerprint density at radius 2 is 1.75 bits per heavy atom. The Kier molecular flexibility index (Phi) is 6.09. The van der Waals surface area contributed by atoms with E-state index in [9.17, 15) is 13.2 Å². The van der Waals surface area contributed by atoms with Gasteiger partial charge >= 0.3 is 0 Å². The maximum Gasteiger partial charge on any atom is 0.196 e. The summed E-state index contributed by atoms with van der Waals surface area (Å²) in [6.07, 6.45) is 2.87. The molecule has 0 fully saturated rings. The zero-order valence-corrected chi connectivity index (χ0v) is 15.6. The molecule has 0 aliphatic carbocycles. The molecule has 0 spiro atoms. The van der Waals surface area contributed by atoms with Crippen LogP contribution >= 0.6 is 34.8 Å². The van der Waals surface area contributed by atoms with Crippen molar-refractivity contribution in [2.75, 3.05) is 11.2 Å². The van der Waals surface area contributed by atoms with E-state index in [1.807, 2.05) is 0 Å². The van der Waals surface area contributed by atoms with Gasteiger partial charge in [0.05, 0.1) is 20.6 Å². The molecule has 128 valence electrons. The maximum absolute atomic E-state index is 12.4. The van der Waals surface area contributed by atoms with Gasteiger partial charge in [0.1, 0.15) is 11.7 Å². The summed E-state index contributed by atoms with van der Waals surface area (Å²) in [5, 5.41) is 3.36. The van der Waals surface area contributed by atoms with Crippen LogP contribution < -0.4 is 5.32 Å². The monoisotopic (exact) mass is 406 g/mol. The lowest BCUT2D eigenvalue weighted by Gasteiger charge is -2.11. The zero-order valence-electron chi connectivity index (χ0n) is 12.5. The van der Waals surface area contributed by atoms with Gasteiger partial charge in [-0.25, -0.2) is 8.42 Å². The van der Waals surface area contributed by atoms with Gasteiger partial charge in [-0.2, -0.15) is 0 Å². The van der Waals surface area contributed by atoms with Crippen molar-refractivity contribution in [3.8, 4) is 0 Å². The van der Waals surface area contributed by atoms with Crippen molar-refractivity contribution < 1.29 is 13.2 Å². The van der Waals surface area contributed by atoms with Gasteiger partial charge in [0.25, 0.3) is 0 Å². The largest absolute Gasteiger partial charge is 0.369 e. The highest BCUT2D eigenvalue weighted by Crippen LogP contribution is 2.29. The van der Waals surface area contributed by atoms with Crippen LogP contribution in [0.2, 0.25) is 15.1 Å². The quantitative estimate of drug-likeness (QED) is 0.783. The van der Waals surface area contributed by atoms with Crippen LogP contribution in [-0.2, 0) is 21.1 Å². The average Bonchev–Trinajstić information content (AvgIpc) is 2.48. The van der Waals surface area contributed by atoms with E-state index < -0.39 is 15.7 Å². The van der Waals surface area contributed by atoms with Crippen molar-refractivity contribution in [2.24, 2.45) is 0 Å². The van der Waals surface area contributed by atoms with Crippen LogP contribution in [0, 0.1) is 0 Å². The number of hydrogen-bond acceptors (Lipinski definition) is 5. The van der Waals surface area contributed by atoms with Gasteiger partial charge in [-0.3, -0.25) is 9.78 Å². The van der Waals surface area contributed by atoms with Gasteiger partial charge in [0.2, 0.25) is 0 Å². The van der Waals surface area contributed by atoms with E-state index in [0.29, 0.717) is 5.56 Å². The summed E-state index contributed by atoms with van der Waals surface area (Å²) in [6, 6.07) is 4.27. The highest BCUT2D eigenvalue weighted by Gasteiger charge is 2.18. The Labute approximate surface area is 154 Å². The first-order valence-corrected chi connectivity index (χ1v) is 9.53. The molecule has 1 aromatic carbocycles. The molecule has 0 unspecified atom stereocenters. The standard InChI is InChI=1S/C15H13Cl3N2O3S/c1-9(21)4-10-2-3-11(5-12(10)16)24(22,23)8-20-15-13(17)6-19-7-14(15)18/h2-3,5-7H,4,8H2,1H3,(H,19,20). The van der Waals surface area contributed by atoms with Gasteiger partial charge < -0.3 is 5.32 Å². The van der Waals surface area contributed by atoms with Crippen LogP contribution in [0.1, 0.15) is 12.5 Å². The number of hydrogen-bond donors (Lipinski definition) is 1. The van der Waals surface area contributed by atoms with E-state index in [0.717, 1.165) is 0 Å². The molecular weight excluding hydrogens is 395 g/mol. The molecule has 1 heterocycles. The smallest absolute Gasteiger partial charge is 0.196 e. The van der Waals surface area contributed by atoms with Crippen LogP contribution in [0.4, 0.5) is 5.69 Å². The fraction of sp³-hybridized carbons (Fsp3) is 0.200. The molecule has 0 aliphatic heterocycles. The minimum atomic E-state index is -3.68. The molecule has 0 amide bonds. The lowest BCUT2D eigenvalue weighted by atomic mass is 10.1. The zero-order chi connectivity index (χ0) is 17.9. The molecule has 0 saturated carbocycles. The number of sulfone groups is 1. The third-order valence-corrected chi connectivity index (χ3v) is 5.54. The predicted molar refractivity (Wildman–Crippen MR) is 95.8 cm³/mol. The highest BCUT2D eigenvalue weighted by molar-refractivity contribution is 7.91. The van der Waals surface area contributed by atoms with Gasteiger partial charge in [0.15, 0.2) is 9.84 Å². The summed E-state index contributed by atoms with van der Waals surface area (Å²) < 4.78 is 24.8. The van der Waals surface area contributed by atoms with E-state index in [4.69, 9.17) is 34.8 Å². The number of anilines is 1. The summed E-state index contributed by atoms with van der Waals surface area (Å²) in [4.78, 5) is 15.0. The maximum atomic E-state index is 12.4. The summed E-state index contributed by atoms with van der Waals surface area (Å²) in [5.74, 6) is -0.477. The molecule has 5 nitrogen and oxygen atoms in total. The number of halogens is 3. The Bertz CT molecular complexity index is 865. The first-order valence-electron chi connectivity index (χ1n) is 6.74. The van der Waals surface area contributed by atoms with Crippen LogP contribution in [0.5, 0.6) is 0 Å². The summed E-state index contributed by atoms with van der Waals surface area (Å²) >= 11 is 17.9. The predicted octanol–water partition coefficient (Wildman–Crippen LogP) is 4.02. The number of pyridine rings is 1. The third kappa shape index (κ3) is 4.60. The van der Waals surface area contributed by atoms with Crippen molar-refractivity contribution in [1.82, 2.24) is 4.98 Å². The molecule has 9 heteroatoms. The van der Waals surface area contributed by atoms with Gasteiger partial charge in [-0.1, -0.05) is 40.9 Å². The Hall–Kier alpha value is -1.34. The second-order valence-corrected chi connectivity index (χ2v) is 8.26. The molecule has 0 saturated heterocycles. The van der Waals surface area contributed by atoms with Crippen molar-refractivity contribution in [2.45, 2.75) is 18.2 Å². The number of carbonyl (C=O) groups excluding carboxylic acids is 1. The van der Waals surface area contributed by atoms with Crippen molar-refractivity contribution in [1.29, 1.82) is 0 Å². The van der Waals surface area contributed by atoms with Gasteiger partial charge in [0, 0.05) is 23.8 Å². The fourth-order valence-electron chi connectivity index (χ4n) is 1.96. The van der Waals surface area contributed by atoms with E-state index in [1.54, 1.807) is 0 Å². The average molecular weight is 408 g/mol. The van der Waals surface area contributed by atoms with Crippen molar-refractivity contribution in [3.05, 3.63) is 51.2 Å². The first-order chi connectivity index (χ1) is 11.2. The molecule has 0 bridgehead atoms. The summed E-state index contributed by atoms with van der Waals surface area (Å²) in [7, 11) is -3.68. The number of ketones is 1. The topological polar surface area (TPSA) is 76.1 Å². The molecule has 0 radical (unpaired) electrons. The number of benzene rings is 1. The van der Waals surface area contributed by atoms with E-state index in [2.05, 4.69) is 10.3 Å². The van der Waals surface area contributed by atoms with E-state index >= 15 is 0 Å². The number of Topliss-reactive ketones (excluding diaryl/α,β-unsaturated/α-hetero) is 1. The molecule has 1 N–H and O–H groups in total. The number of aromatic nitrogens is 1. The van der Waals surface area contributed by atoms with Crippen LogP contribution in [0.3, 0.4) is 0 Å². The molecule has 2 aromatic rings. The Morgan fingerprint density at radius 1 is 1.12 bits per heavy atom. The molecule has 24 heavy (non-hydrogen) atoms. The number of nitrogens with zero attached hydrogens (tertiary/aromatic N) is 1. The van der Waals surface area contributed by atoms with E-state index in [-0.39, 0.29) is 37.9 Å². The molecular formula is C15H13Cl3N2O3S. The SMILES string of the molecule is CC(=O)Cc1ccc(S(=O)(=O)CNc2c(Cl)cncc2Cl)cc1Cl. The Morgan fingerprint density at radius 3 is 2.29 bits per heavy atom. The minimum Gasteiger partial charge on any atom is -0.369 e. The third-order valence-electron chi connectivity index (χ3n) is 3.12. The van der Waals surface area contributed by atoms with Crippen molar-refractivity contribution >= 4 is 56.1 Å². The van der Waals surface area contributed by atoms with E-state index in [1.165, 1.54) is 37.5 Å². The molecule has 0 atom stereocenters. The van der Waals surface area contributed by atoms with Gasteiger partial charge in [-0.05, 0) is 24.6 Å². The number of nitrogens with one attached hydrogen (secondary N) is 1. The summed E-state index contributed by atoms with van der Waals surface area (Å²) in [5.41, 5.74) is 0.868. The lowest BCUT2D eigenvalue weighted by molar-refractivity contribution is -0.116. The van der Waals surface area contributed by atoms with Gasteiger partial charge in [-0.15, -0.1) is 0 Å². The van der Waals surface area contributed by atoms with Crippen LogP contribution in [-0.4, -0.2) is 25.1 Å². The highest BCUT2D eigenvalue weighted by atomic mass is 35.5. The molecule has 0 aliphatic rings. The van der Waals surface area contributed by atoms with Crippen LogP contribution in [0.25, 0.3) is 0 Å². The van der Waals surface area contributed by atoms with Crippen LogP contribution in [0.15, 0.2) is 35.5 Å².